The molecule has 11 nitrogen and oxygen atoms in total. The molecule has 0 aliphatic carbocycles. The molecule has 1 atom stereocenters. The smallest absolute Gasteiger partial charge is 0.471 e. The molecule has 3 aliphatic rings. The lowest BCUT2D eigenvalue weighted by Crippen LogP contribution is -2.53. The van der Waals surface area contributed by atoms with E-state index < -0.39 is 23.8 Å². The molecule has 3 aliphatic heterocycles. The van der Waals surface area contributed by atoms with Gasteiger partial charge in [0, 0.05) is 62.0 Å². The topological polar surface area (TPSA) is 112 Å². The molecule has 0 unspecified atom stereocenters. The van der Waals surface area contributed by atoms with Crippen LogP contribution in [0.2, 0.25) is 0 Å². The summed E-state index contributed by atoms with van der Waals surface area (Å²) in [6, 6.07) is 11.3. The molecule has 6 rings (SSSR count). The lowest BCUT2D eigenvalue weighted by atomic mass is 10.0. The molecule has 4 heterocycles. The quantitative estimate of drug-likeness (QED) is 0.385. The van der Waals surface area contributed by atoms with Gasteiger partial charge in [0.05, 0.1) is 12.2 Å². The van der Waals surface area contributed by atoms with Crippen LogP contribution in [0.3, 0.4) is 0 Å². The van der Waals surface area contributed by atoms with E-state index in [1.807, 2.05) is 49.9 Å². The van der Waals surface area contributed by atoms with Crippen LogP contribution in [0.1, 0.15) is 38.4 Å². The van der Waals surface area contributed by atoms with E-state index in [4.69, 9.17) is 19.4 Å². The van der Waals surface area contributed by atoms with Crippen molar-refractivity contribution in [1.29, 1.82) is 0 Å². The van der Waals surface area contributed by atoms with Crippen LogP contribution in [0.25, 0.3) is 10.8 Å². The number of hydrogen-bond acceptors (Lipinski definition) is 10. The van der Waals surface area contributed by atoms with Crippen molar-refractivity contribution in [3.8, 4) is 11.8 Å². The lowest BCUT2D eigenvalue weighted by molar-refractivity contribution is -0.185. The number of hydrogen-bond donors (Lipinski definition) is 1. The molecule has 2 saturated heterocycles. The SMILES string of the molecule is CC(C)(C)OC(=O)N1CCCS[C@H]1COc1nc2c(c(N3CCN(C(=O)C(F)(F)F)CC3)n1)CCN(c1cc(O)cc3ccccc13)C2. The summed E-state index contributed by atoms with van der Waals surface area (Å²) < 4.78 is 51.2. The molecule has 258 valence electrons. The molecule has 0 radical (unpaired) electrons. The van der Waals surface area contributed by atoms with Crippen LogP contribution in [0, 0.1) is 0 Å². The number of aromatic hydroxyl groups is 1. The summed E-state index contributed by atoms with van der Waals surface area (Å²) >= 11 is 1.58. The van der Waals surface area contributed by atoms with Crippen molar-refractivity contribution in [2.75, 3.05) is 61.4 Å². The second-order valence-electron chi connectivity index (χ2n) is 13.1. The van der Waals surface area contributed by atoms with Crippen molar-refractivity contribution in [3.63, 3.8) is 0 Å². The Balaban J connectivity index is 1.28. The third-order valence-electron chi connectivity index (χ3n) is 8.48. The van der Waals surface area contributed by atoms with E-state index in [1.54, 1.807) is 28.8 Å². The number of piperazine rings is 1. The molecule has 2 aromatic carbocycles. The van der Waals surface area contributed by atoms with Gasteiger partial charge in [-0.15, -0.1) is 11.8 Å². The lowest BCUT2D eigenvalue weighted by Gasteiger charge is -2.38. The summed E-state index contributed by atoms with van der Waals surface area (Å²) in [6.45, 7) is 7.18. The van der Waals surface area contributed by atoms with E-state index in [0.717, 1.165) is 39.1 Å². The normalized spacial score (nSPS) is 18.9. The average molecular weight is 689 g/mol. The molecule has 15 heteroatoms. The first-order valence-corrected chi connectivity index (χ1v) is 17.0. The molecule has 0 spiro atoms. The van der Waals surface area contributed by atoms with E-state index in [-0.39, 0.29) is 49.9 Å². The van der Waals surface area contributed by atoms with Gasteiger partial charge in [-0.1, -0.05) is 24.3 Å². The van der Waals surface area contributed by atoms with Crippen molar-refractivity contribution < 1.29 is 37.3 Å². The van der Waals surface area contributed by atoms with Gasteiger partial charge >= 0.3 is 24.2 Å². The number of rotatable bonds is 5. The predicted molar refractivity (Wildman–Crippen MR) is 177 cm³/mol. The Labute approximate surface area is 281 Å². The van der Waals surface area contributed by atoms with Crippen LogP contribution < -0.4 is 14.5 Å². The first-order chi connectivity index (χ1) is 22.8. The number of carbonyl (C=O) groups is 2. The first-order valence-electron chi connectivity index (χ1n) is 16.0. The fourth-order valence-corrected chi connectivity index (χ4v) is 7.36. The van der Waals surface area contributed by atoms with E-state index >= 15 is 0 Å². The Hall–Kier alpha value is -4.14. The number of ether oxygens (including phenoxy) is 2. The molecular formula is C33H39F3N6O5S. The minimum atomic E-state index is -4.93. The second-order valence-corrected chi connectivity index (χ2v) is 14.3. The number of aromatic nitrogens is 2. The molecule has 0 bridgehead atoms. The molecular weight excluding hydrogens is 649 g/mol. The predicted octanol–water partition coefficient (Wildman–Crippen LogP) is 5.19. The number of fused-ring (bicyclic) bond motifs is 2. The van der Waals surface area contributed by atoms with Gasteiger partial charge in [-0.2, -0.15) is 23.1 Å². The highest BCUT2D eigenvalue weighted by Crippen LogP contribution is 2.37. The summed E-state index contributed by atoms with van der Waals surface area (Å²) in [5.74, 6) is -0.288. The highest BCUT2D eigenvalue weighted by molar-refractivity contribution is 7.99. The summed E-state index contributed by atoms with van der Waals surface area (Å²) in [6.07, 6.45) is -3.99. The standard InChI is InChI=1S/C33H39F3N6O5S/c1-32(2,3)47-31(45)42-10-6-16-48-27(42)20-46-30-37-25-19-41(26-18-22(43)17-21-7-4-5-8-23(21)26)11-9-24(25)28(38-30)39-12-14-40(15-13-39)29(44)33(34,35)36/h4-5,7-8,17-18,27,43H,6,9-16,19-20H2,1-3H3/t27-/m0/s1. The van der Waals surface area contributed by atoms with E-state index in [9.17, 15) is 27.9 Å². The maximum absolute atomic E-state index is 13.1. The Bertz CT molecular complexity index is 1680. The highest BCUT2D eigenvalue weighted by Gasteiger charge is 2.43. The molecule has 1 N–H and O–H groups in total. The number of halogens is 3. The number of amides is 2. The number of nitrogens with zero attached hydrogens (tertiary/aromatic N) is 6. The number of carbonyl (C=O) groups excluding carboxylic acids is 2. The summed E-state index contributed by atoms with van der Waals surface area (Å²) in [7, 11) is 0. The summed E-state index contributed by atoms with van der Waals surface area (Å²) in [5.41, 5.74) is 1.76. The maximum Gasteiger partial charge on any atom is 0.471 e. The molecule has 48 heavy (non-hydrogen) atoms. The number of thioether (sulfide) groups is 1. The van der Waals surface area contributed by atoms with Gasteiger partial charge in [0.15, 0.2) is 0 Å². The van der Waals surface area contributed by atoms with Crippen molar-refractivity contribution in [1.82, 2.24) is 19.8 Å². The Morgan fingerprint density at radius 2 is 1.75 bits per heavy atom. The van der Waals surface area contributed by atoms with E-state index in [0.29, 0.717) is 37.6 Å². The van der Waals surface area contributed by atoms with Gasteiger partial charge in [0.2, 0.25) is 0 Å². The molecule has 2 fully saturated rings. The van der Waals surface area contributed by atoms with Gasteiger partial charge in [0.1, 0.15) is 29.1 Å². The Kier molecular flexibility index (Phi) is 9.42. The number of alkyl halides is 3. The fourth-order valence-electron chi connectivity index (χ4n) is 6.26. The maximum atomic E-state index is 13.1. The minimum absolute atomic E-state index is 0.0930. The monoisotopic (exact) mass is 688 g/mol. The summed E-state index contributed by atoms with van der Waals surface area (Å²) in [5, 5.41) is 12.1. The zero-order valence-electron chi connectivity index (χ0n) is 27.1. The number of phenolic OH excluding ortho intramolecular Hbond substituents is 1. The largest absolute Gasteiger partial charge is 0.508 e. The van der Waals surface area contributed by atoms with Crippen LogP contribution in [-0.4, -0.2) is 106 Å². The van der Waals surface area contributed by atoms with Crippen molar-refractivity contribution in [3.05, 3.63) is 47.7 Å². The van der Waals surface area contributed by atoms with Gasteiger partial charge in [-0.05, 0) is 50.8 Å². The number of benzene rings is 2. The van der Waals surface area contributed by atoms with Crippen LogP contribution in [0.5, 0.6) is 11.8 Å². The van der Waals surface area contributed by atoms with Crippen molar-refractivity contribution in [2.24, 2.45) is 0 Å². The highest BCUT2D eigenvalue weighted by atomic mass is 32.2. The third kappa shape index (κ3) is 7.45. The fraction of sp³-hybridized carbons (Fsp3) is 0.515. The first kappa shape index (κ1) is 33.7. The van der Waals surface area contributed by atoms with Gasteiger partial charge < -0.3 is 29.3 Å². The average Bonchev–Trinajstić information content (AvgIpc) is 3.05. The summed E-state index contributed by atoms with van der Waals surface area (Å²) in [4.78, 5) is 41.0. The van der Waals surface area contributed by atoms with E-state index in [2.05, 4.69) is 4.90 Å². The van der Waals surface area contributed by atoms with Gasteiger partial charge in [-0.25, -0.2) is 4.79 Å². The zero-order valence-corrected chi connectivity index (χ0v) is 27.9. The van der Waals surface area contributed by atoms with E-state index in [1.165, 1.54) is 0 Å². The molecule has 3 aromatic rings. The molecule has 1 aromatic heterocycles. The van der Waals surface area contributed by atoms with Gasteiger partial charge in [0.25, 0.3) is 0 Å². The second kappa shape index (κ2) is 13.4. The van der Waals surface area contributed by atoms with Crippen LogP contribution in [0.4, 0.5) is 29.5 Å². The Morgan fingerprint density at radius 1 is 1.00 bits per heavy atom. The number of phenols is 1. The van der Waals surface area contributed by atoms with Crippen LogP contribution in [-0.2, 0) is 22.5 Å². The van der Waals surface area contributed by atoms with Gasteiger partial charge in [-0.3, -0.25) is 9.69 Å². The van der Waals surface area contributed by atoms with Crippen LogP contribution in [0.15, 0.2) is 36.4 Å². The molecule has 0 saturated carbocycles. The Morgan fingerprint density at radius 3 is 2.48 bits per heavy atom. The third-order valence-corrected chi connectivity index (χ3v) is 9.78. The van der Waals surface area contributed by atoms with Crippen LogP contribution >= 0.6 is 11.8 Å². The zero-order chi connectivity index (χ0) is 34.2. The number of anilines is 2. The van der Waals surface area contributed by atoms with Crippen molar-refractivity contribution in [2.45, 2.75) is 57.3 Å². The van der Waals surface area contributed by atoms with Crippen molar-refractivity contribution >= 4 is 46.0 Å². The molecule has 2 amide bonds. The minimum Gasteiger partial charge on any atom is -0.508 e.